The molecule has 0 atom stereocenters. The topological polar surface area (TPSA) is 69.7 Å². The van der Waals surface area contributed by atoms with Gasteiger partial charge in [-0.3, -0.25) is 9.69 Å². The minimum atomic E-state index is -3.58. The van der Waals surface area contributed by atoms with E-state index in [1.54, 1.807) is 24.3 Å². The number of rotatable bonds is 5. The Balaban J connectivity index is 1.56. The van der Waals surface area contributed by atoms with E-state index >= 15 is 0 Å². The Morgan fingerprint density at radius 2 is 1.86 bits per heavy atom. The predicted octanol–water partition coefficient (Wildman–Crippen LogP) is 3.19. The zero-order valence-electron chi connectivity index (χ0n) is 14.7. The fourth-order valence-electron chi connectivity index (χ4n) is 2.89. The van der Waals surface area contributed by atoms with Crippen molar-refractivity contribution in [3.8, 4) is 0 Å². The van der Waals surface area contributed by atoms with Crippen molar-refractivity contribution in [3.63, 3.8) is 0 Å². The molecule has 0 aliphatic carbocycles. The molecule has 150 valence electrons. The summed E-state index contributed by atoms with van der Waals surface area (Å²) in [6, 6.07) is 10.5. The van der Waals surface area contributed by atoms with E-state index in [1.165, 1.54) is 22.5 Å². The second kappa shape index (κ2) is 8.87. The van der Waals surface area contributed by atoms with E-state index in [4.69, 9.17) is 11.6 Å². The fraction of sp³-hybridized carbons (Fsp3) is 0.278. The second-order valence-corrected chi connectivity index (χ2v) is 9.60. The summed E-state index contributed by atoms with van der Waals surface area (Å²) in [5.41, 5.74) is 0.0216. The van der Waals surface area contributed by atoms with Gasteiger partial charge in [-0.15, -0.1) is 0 Å². The number of benzene rings is 2. The van der Waals surface area contributed by atoms with Gasteiger partial charge >= 0.3 is 0 Å². The van der Waals surface area contributed by atoms with Crippen LogP contribution in [0.25, 0.3) is 0 Å². The van der Waals surface area contributed by atoms with Crippen LogP contribution in [0, 0.1) is 5.82 Å². The Bertz CT molecular complexity index is 982. The summed E-state index contributed by atoms with van der Waals surface area (Å²) in [4.78, 5) is 14.2. The molecule has 1 amide bonds. The third-order valence-electron chi connectivity index (χ3n) is 4.33. The maximum atomic E-state index is 13.7. The molecule has 0 spiro atoms. The summed E-state index contributed by atoms with van der Waals surface area (Å²) >= 11 is 9.10. The van der Waals surface area contributed by atoms with Crippen LogP contribution in [-0.2, 0) is 14.8 Å². The number of hydrogen-bond acceptors (Lipinski definition) is 4. The van der Waals surface area contributed by atoms with Crippen LogP contribution in [0.15, 0.2) is 51.8 Å². The standard InChI is InChI=1S/C18H18BrClFN3O3S/c19-13-2-1-3-15(10-13)28(26,27)24-8-6-23(7-9-24)12-18(25)22-17-11-14(20)4-5-16(17)21/h1-5,10-11H,6-9,12H2,(H,22,25). The Morgan fingerprint density at radius 3 is 2.54 bits per heavy atom. The van der Waals surface area contributed by atoms with Crippen molar-refractivity contribution in [2.75, 3.05) is 38.0 Å². The summed E-state index contributed by atoms with van der Waals surface area (Å²) < 4.78 is 41.3. The third-order valence-corrected chi connectivity index (χ3v) is 6.96. The molecule has 0 radical (unpaired) electrons. The molecule has 0 bridgehead atoms. The van der Waals surface area contributed by atoms with Crippen LogP contribution in [0.2, 0.25) is 5.02 Å². The van der Waals surface area contributed by atoms with Gasteiger partial charge in [0.15, 0.2) is 0 Å². The zero-order valence-corrected chi connectivity index (χ0v) is 17.9. The molecule has 3 rings (SSSR count). The van der Waals surface area contributed by atoms with Crippen molar-refractivity contribution in [3.05, 3.63) is 57.8 Å². The molecule has 28 heavy (non-hydrogen) atoms. The molecule has 1 heterocycles. The largest absolute Gasteiger partial charge is 0.322 e. The van der Waals surface area contributed by atoms with Gasteiger partial charge in [-0.2, -0.15) is 4.31 Å². The van der Waals surface area contributed by atoms with E-state index in [0.29, 0.717) is 22.6 Å². The van der Waals surface area contributed by atoms with Gasteiger partial charge in [-0.1, -0.05) is 33.6 Å². The van der Waals surface area contributed by atoms with E-state index in [0.717, 1.165) is 0 Å². The normalized spacial score (nSPS) is 16.1. The molecule has 1 saturated heterocycles. The summed E-state index contributed by atoms with van der Waals surface area (Å²) in [5, 5.41) is 2.82. The van der Waals surface area contributed by atoms with E-state index < -0.39 is 15.8 Å². The number of halogens is 3. The summed E-state index contributed by atoms with van der Waals surface area (Å²) in [6.45, 7) is 1.38. The van der Waals surface area contributed by atoms with E-state index in [-0.39, 0.29) is 36.1 Å². The zero-order chi connectivity index (χ0) is 20.3. The van der Waals surface area contributed by atoms with Crippen molar-refractivity contribution in [1.29, 1.82) is 0 Å². The van der Waals surface area contributed by atoms with Crippen molar-refractivity contribution in [1.82, 2.24) is 9.21 Å². The highest BCUT2D eigenvalue weighted by Crippen LogP contribution is 2.22. The van der Waals surface area contributed by atoms with Crippen LogP contribution in [0.4, 0.5) is 10.1 Å². The highest BCUT2D eigenvalue weighted by molar-refractivity contribution is 9.10. The number of nitrogens with zero attached hydrogens (tertiary/aromatic N) is 2. The molecule has 2 aromatic carbocycles. The van der Waals surface area contributed by atoms with Crippen LogP contribution >= 0.6 is 27.5 Å². The minimum Gasteiger partial charge on any atom is -0.322 e. The monoisotopic (exact) mass is 489 g/mol. The Kier molecular flexibility index (Phi) is 6.72. The second-order valence-electron chi connectivity index (χ2n) is 6.31. The molecule has 1 N–H and O–H groups in total. The Labute approximate surface area is 176 Å². The predicted molar refractivity (Wildman–Crippen MR) is 109 cm³/mol. The SMILES string of the molecule is O=C(CN1CCN(S(=O)(=O)c2cccc(Br)c2)CC1)Nc1cc(Cl)ccc1F. The highest BCUT2D eigenvalue weighted by atomic mass is 79.9. The van der Waals surface area contributed by atoms with Crippen molar-refractivity contribution < 1.29 is 17.6 Å². The van der Waals surface area contributed by atoms with Gasteiger partial charge in [-0.25, -0.2) is 12.8 Å². The first-order valence-corrected chi connectivity index (χ1v) is 11.1. The summed E-state index contributed by atoms with van der Waals surface area (Å²) in [5.74, 6) is -0.952. The van der Waals surface area contributed by atoms with Gasteiger partial charge < -0.3 is 5.32 Å². The number of hydrogen-bond donors (Lipinski definition) is 1. The first-order valence-electron chi connectivity index (χ1n) is 8.49. The lowest BCUT2D eigenvalue weighted by Gasteiger charge is -2.33. The van der Waals surface area contributed by atoms with Gasteiger partial charge in [0, 0.05) is 35.7 Å². The van der Waals surface area contributed by atoms with E-state index in [2.05, 4.69) is 21.2 Å². The molecule has 0 aromatic heterocycles. The molecule has 1 aliphatic rings. The number of piperazine rings is 1. The Morgan fingerprint density at radius 1 is 1.14 bits per heavy atom. The van der Waals surface area contributed by atoms with E-state index in [9.17, 15) is 17.6 Å². The Hall–Kier alpha value is -1.52. The molecule has 0 unspecified atom stereocenters. The maximum absolute atomic E-state index is 13.7. The lowest BCUT2D eigenvalue weighted by molar-refractivity contribution is -0.117. The molecular weight excluding hydrogens is 473 g/mol. The fourth-order valence-corrected chi connectivity index (χ4v) is 5.08. The van der Waals surface area contributed by atoms with Gasteiger partial charge in [-0.05, 0) is 36.4 Å². The van der Waals surface area contributed by atoms with Crippen LogP contribution in [0.1, 0.15) is 0 Å². The summed E-state index contributed by atoms with van der Waals surface area (Å²) in [6.07, 6.45) is 0. The van der Waals surface area contributed by atoms with Crippen LogP contribution in [0.5, 0.6) is 0 Å². The number of anilines is 1. The van der Waals surface area contributed by atoms with Gasteiger partial charge in [0.05, 0.1) is 17.1 Å². The molecule has 10 heteroatoms. The quantitative estimate of drug-likeness (QED) is 0.699. The smallest absolute Gasteiger partial charge is 0.243 e. The number of carbonyl (C=O) groups excluding carboxylic acids is 1. The van der Waals surface area contributed by atoms with Crippen LogP contribution in [-0.4, -0.2) is 56.3 Å². The molecule has 1 aliphatic heterocycles. The van der Waals surface area contributed by atoms with Gasteiger partial charge in [0.1, 0.15) is 5.82 Å². The molecule has 1 fully saturated rings. The van der Waals surface area contributed by atoms with Gasteiger partial charge in [0.25, 0.3) is 0 Å². The number of carbonyl (C=O) groups is 1. The molecule has 0 saturated carbocycles. The summed E-state index contributed by atoms with van der Waals surface area (Å²) in [7, 11) is -3.58. The lowest BCUT2D eigenvalue weighted by atomic mass is 10.3. The lowest BCUT2D eigenvalue weighted by Crippen LogP contribution is -2.50. The van der Waals surface area contributed by atoms with E-state index in [1.807, 2.05) is 4.90 Å². The first-order chi connectivity index (χ1) is 13.3. The first kappa shape index (κ1) is 21.2. The third kappa shape index (κ3) is 5.09. The number of amides is 1. The molecular formula is C18H18BrClFN3O3S. The number of sulfonamides is 1. The van der Waals surface area contributed by atoms with Crippen molar-refractivity contribution >= 4 is 49.1 Å². The highest BCUT2D eigenvalue weighted by Gasteiger charge is 2.29. The van der Waals surface area contributed by atoms with Gasteiger partial charge in [0.2, 0.25) is 15.9 Å². The average Bonchev–Trinajstić information content (AvgIpc) is 2.65. The number of nitrogens with one attached hydrogen (secondary N) is 1. The van der Waals surface area contributed by atoms with Crippen LogP contribution < -0.4 is 5.32 Å². The minimum absolute atomic E-state index is 0.0216. The average molecular weight is 491 g/mol. The van der Waals surface area contributed by atoms with Crippen LogP contribution in [0.3, 0.4) is 0 Å². The van der Waals surface area contributed by atoms with Crippen molar-refractivity contribution in [2.45, 2.75) is 4.90 Å². The molecule has 6 nitrogen and oxygen atoms in total. The maximum Gasteiger partial charge on any atom is 0.243 e. The molecule has 2 aromatic rings. The van der Waals surface area contributed by atoms with Crippen molar-refractivity contribution in [2.24, 2.45) is 0 Å².